The summed E-state index contributed by atoms with van der Waals surface area (Å²) in [5.41, 5.74) is 0. The highest BCUT2D eigenvalue weighted by atomic mass is 16.3. The summed E-state index contributed by atoms with van der Waals surface area (Å²) in [7, 11) is 0. The van der Waals surface area contributed by atoms with Crippen LogP contribution >= 0.6 is 0 Å². The first-order chi connectivity index (χ1) is 13.0. The second-order valence-electron chi connectivity index (χ2n) is 7.44. The van der Waals surface area contributed by atoms with Gasteiger partial charge in [0.15, 0.2) is 5.76 Å². The third kappa shape index (κ3) is 5.32. The lowest BCUT2D eigenvalue weighted by Crippen LogP contribution is -2.53. The molecule has 2 aliphatic rings. The second kappa shape index (κ2) is 9.03. The number of furan rings is 1. The van der Waals surface area contributed by atoms with Crippen LogP contribution in [0.25, 0.3) is 0 Å². The summed E-state index contributed by atoms with van der Waals surface area (Å²) in [4.78, 5) is 40.1. The van der Waals surface area contributed by atoms with Crippen molar-refractivity contribution in [2.24, 2.45) is 5.92 Å². The van der Waals surface area contributed by atoms with Gasteiger partial charge >= 0.3 is 6.03 Å². The summed E-state index contributed by atoms with van der Waals surface area (Å²) < 4.78 is 5.14. The molecule has 8 heteroatoms. The Morgan fingerprint density at radius 1 is 1.15 bits per heavy atom. The van der Waals surface area contributed by atoms with E-state index < -0.39 is 6.03 Å². The first kappa shape index (κ1) is 19.4. The third-order valence-electron chi connectivity index (χ3n) is 5.44. The molecule has 8 nitrogen and oxygen atoms in total. The molecule has 2 unspecified atom stereocenters. The van der Waals surface area contributed by atoms with Gasteiger partial charge in [-0.1, -0.05) is 19.8 Å². The summed E-state index contributed by atoms with van der Waals surface area (Å²) in [6, 6.07) is 3.06. The van der Waals surface area contributed by atoms with Crippen LogP contribution in [0.1, 0.15) is 43.2 Å². The van der Waals surface area contributed by atoms with Gasteiger partial charge in [0.2, 0.25) is 5.91 Å². The maximum atomic E-state index is 12.2. The highest BCUT2D eigenvalue weighted by Crippen LogP contribution is 2.23. The number of nitrogens with zero attached hydrogens (tertiary/aromatic N) is 2. The maximum absolute atomic E-state index is 12.2. The SMILES string of the molecule is CC1CCCCC1NC(=O)NC(=O)CN1CCN(C(=O)c2ccco2)CC1. The highest BCUT2D eigenvalue weighted by molar-refractivity contribution is 5.95. The van der Waals surface area contributed by atoms with Crippen LogP contribution in [0.5, 0.6) is 0 Å². The molecule has 27 heavy (non-hydrogen) atoms. The zero-order valence-electron chi connectivity index (χ0n) is 15.8. The molecule has 148 valence electrons. The molecule has 1 aromatic heterocycles. The molecule has 2 heterocycles. The van der Waals surface area contributed by atoms with Gasteiger partial charge in [0.05, 0.1) is 12.8 Å². The molecule has 4 amide bonds. The van der Waals surface area contributed by atoms with Crippen molar-refractivity contribution in [3.63, 3.8) is 0 Å². The normalized spacial score (nSPS) is 23.7. The number of carbonyl (C=O) groups is 3. The molecular weight excluding hydrogens is 348 g/mol. The van der Waals surface area contributed by atoms with E-state index in [1.54, 1.807) is 17.0 Å². The van der Waals surface area contributed by atoms with Crippen LogP contribution in [0, 0.1) is 5.92 Å². The minimum Gasteiger partial charge on any atom is -0.459 e. The summed E-state index contributed by atoms with van der Waals surface area (Å²) in [6.45, 7) is 4.51. The number of rotatable bonds is 4. The van der Waals surface area contributed by atoms with Crippen LogP contribution < -0.4 is 10.6 Å². The number of piperazine rings is 1. The molecule has 0 radical (unpaired) electrons. The molecule has 0 spiro atoms. The van der Waals surface area contributed by atoms with Gasteiger partial charge in [0.1, 0.15) is 0 Å². The van der Waals surface area contributed by atoms with E-state index in [-0.39, 0.29) is 24.4 Å². The molecular formula is C19H28N4O4. The first-order valence-corrected chi connectivity index (χ1v) is 9.68. The van der Waals surface area contributed by atoms with Crippen LogP contribution in [0.3, 0.4) is 0 Å². The highest BCUT2D eigenvalue weighted by Gasteiger charge is 2.26. The zero-order chi connectivity index (χ0) is 19.2. The third-order valence-corrected chi connectivity index (χ3v) is 5.44. The minimum atomic E-state index is -0.412. The Hall–Kier alpha value is -2.35. The number of urea groups is 1. The van der Waals surface area contributed by atoms with Gasteiger partial charge in [-0.25, -0.2) is 4.79 Å². The topological polar surface area (TPSA) is 94.9 Å². The summed E-state index contributed by atoms with van der Waals surface area (Å²) >= 11 is 0. The molecule has 2 fully saturated rings. The molecule has 2 N–H and O–H groups in total. The Morgan fingerprint density at radius 3 is 2.56 bits per heavy atom. The van der Waals surface area contributed by atoms with Gasteiger partial charge < -0.3 is 14.6 Å². The number of hydrogen-bond donors (Lipinski definition) is 2. The lowest BCUT2D eigenvalue weighted by molar-refractivity contribution is -0.121. The van der Waals surface area contributed by atoms with Crippen molar-refractivity contribution in [1.82, 2.24) is 20.4 Å². The Balaban J connectivity index is 1.37. The van der Waals surface area contributed by atoms with Gasteiger partial charge in [-0.2, -0.15) is 0 Å². The standard InChI is InChI=1S/C19H28N4O4/c1-14-5-2-3-6-15(14)20-19(26)21-17(24)13-22-8-10-23(11-9-22)18(25)16-7-4-12-27-16/h4,7,12,14-15H,2-3,5-6,8-11,13H2,1H3,(H2,20,21,24,26). The Labute approximate surface area is 159 Å². The van der Waals surface area contributed by atoms with Crippen molar-refractivity contribution in [2.45, 2.75) is 38.6 Å². The molecule has 1 aliphatic heterocycles. The lowest BCUT2D eigenvalue weighted by Gasteiger charge is -2.34. The molecule has 1 saturated heterocycles. The number of imide groups is 1. The first-order valence-electron chi connectivity index (χ1n) is 9.68. The van der Waals surface area contributed by atoms with Gasteiger partial charge in [0, 0.05) is 32.2 Å². The molecule has 1 aromatic rings. The van der Waals surface area contributed by atoms with Crippen molar-refractivity contribution in [3.05, 3.63) is 24.2 Å². The van der Waals surface area contributed by atoms with Crippen LogP contribution in [-0.4, -0.2) is 66.4 Å². The van der Waals surface area contributed by atoms with E-state index in [9.17, 15) is 14.4 Å². The van der Waals surface area contributed by atoms with E-state index in [0.717, 1.165) is 19.3 Å². The van der Waals surface area contributed by atoms with Gasteiger partial charge in [0.25, 0.3) is 5.91 Å². The summed E-state index contributed by atoms with van der Waals surface area (Å²) in [5, 5.41) is 5.35. The van der Waals surface area contributed by atoms with Crippen molar-refractivity contribution in [1.29, 1.82) is 0 Å². The van der Waals surface area contributed by atoms with Crippen LogP contribution in [0.15, 0.2) is 22.8 Å². The van der Waals surface area contributed by atoms with Crippen molar-refractivity contribution < 1.29 is 18.8 Å². The van der Waals surface area contributed by atoms with Gasteiger partial charge in [-0.15, -0.1) is 0 Å². The molecule has 0 aromatic carbocycles. The molecule has 1 saturated carbocycles. The van der Waals surface area contributed by atoms with Crippen LogP contribution in [0.2, 0.25) is 0 Å². The number of carbonyl (C=O) groups excluding carboxylic acids is 3. The molecule has 0 bridgehead atoms. The molecule has 3 rings (SSSR count). The van der Waals surface area contributed by atoms with E-state index in [2.05, 4.69) is 17.6 Å². The van der Waals surface area contributed by atoms with Crippen molar-refractivity contribution in [2.75, 3.05) is 32.7 Å². The quantitative estimate of drug-likeness (QED) is 0.829. The average Bonchev–Trinajstić information content (AvgIpc) is 3.18. The minimum absolute atomic E-state index is 0.134. The van der Waals surface area contributed by atoms with Crippen LogP contribution in [0.4, 0.5) is 4.79 Å². The predicted octanol–water partition coefficient (Wildman–Crippen LogP) is 1.44. The zero-order valence-corrected chi connectivity index (χ0v) is 15.8. The number of hydrogen-bond acceptors (Lipinski definition) is 5. The fourth-order valence-corrected chi connectivity index (χ4v) is 3.77. The van der Waals surface area contributed by atoms with E-state index in [4.69, 9.17) is 4.42 Å². The second-order valence-corrected chi connectivity index (χ2v) is 7.44. The van der Waals surface area contributed by atoms with Gasteiger partial charge in [-0.3, -0.25) is 19.8 Å². The van der Waals surface area contributed by atoms with Crippen LogP contribution in [-0.2, 0) is 4.79 Å². The van der Waals surface area contributed by atoms with Gasteiger partial charge in [-0.05, 0) is 30.9 Å². The van der Waals surface area contributed by atoms with Crippen molar-refractivity contribution in [3.8, 4) is 0 Å². The van der Waals surface area contributed by atoms with E-state index in [1.807, 2.05) is 4.90 Å². The summed E-state index contributed by atoms with van der Waals surface area (Å²) in [5.74, 6) is 0.320. The molecule has 2 atom stereocenters. The smallest absolute Gasteiger partial charge is 0.321 e. The van der Waals surface area contributed by atoms with Crippen molar-refractivity contribution >= 4 is 17.8 Å². The predicted molar refractivity (Wildman–Crippen MR) is 99.1 cm³/mol. The largest absolute Gasteiger partial charge is 0.459 e. The fourth-order valence-electron chi connectivity index (χ4n) is 3.77. The van der Waals surface area contributed by atoms with E-state index >= 15 is 0 Å². The number of nitrogens with one attached hydrogen (secondary N) is 2. The Bertz CT molecular complexity index is 653. The maximum Gasteiger partial charge on any atom is 0.321 e. The average molecular weight is 376 g/mol. The fraction of sp³-hybridized carbons (Fsp3) is 0.632. The summed E-state index contributed by atoms with van der Waals surface area (Å²) in [6.07, 6.45) is 5.87. The Morgan fingerprint density at radius 2 is 1.89 bits per heavy atom. The van der Waals surface area contributed by atoms with E-state index in [0.29, 0.717) is 37.9 Å². The number of amides is 4. The monoisotopic (exact) mass is 376 g/mol. The van der Waals surface area contributed by atoms with E-state index in [1.165, 1.54) is 12.7 Å². The Kier molecular flexibility index (Phi) is 6.49. The lowest BCUT2D eigenvalue weighted by atomic mass is 9.86. The molecule has 1 aliphatic carbocycles.